The highest BCUT2D eigenvalue weighted by atomic mass is 31.2. The van der Waals surface area contributed by atoms with Gasteiger partial charge in [0.1, 0.15) is 42.1 Å². The van der Waals surface area contributed by atoms with Crippen LogP contribution in [0.1, 0.15) is 11.8 Å². The number of carbonyl (C=O) groups excluding carboxylic acids is 1. The molecule has 6 unspecified atom stereocenters. The number of aliphatic hydroxyl groups excluding tert-OH is 2. The topological polar surface area (TPSA) is 191 Å². The number of aliphatic hydroxyl groups is 2. The van der Waals surface area contributed by atoms with E-state index in [4.69, 9.17) is 19.7 Å². The molecule has 35 heavy (non-hydrogen) atoms. The Morgan fingerprint density at radius 3 is 2.71 bits per heavy atom. The van der Waals surface area contributed by atoms with Gasteiger partial charge >= 0.3 is 13.7 Å². The lowest BCUT2D eigenvalue weighted by molar-refractivity contribution is -0.142. The maximum Gasteiger partial charge on any atom is 0.403 e. The van der Waals surface area contributed by atoms with Crippen molar-refractivity contribution in [3.8, 4) is 0 Å². The van der Waals surface area contributed by atoms with Crippen LogP contribution in [0.3, 0.4) is 0 Å². The largest absolute Gasteiger partial charge is 0.468 e. The van der Waals surface area contributed by atoms with Crippen molar-refractivity contribution in [1.29, 1.82) is 0 Å². The Kier molecular flexibility index (Phi) is 7.47. The quantitative estimate of drug-likeness (QED) is 0.194. The van der Waals surface area contributed by atoms with Crippen molar-refractivity contribution in [2.24, 2.45) is 0 Å². The molecule has 188 valence electrons. The summed E-state index contributed by atoms with van der Waals surface area (Å²) >= 11 is 0. The van der Waals surface area contributed by atoms with Crippen LogP contribution in [0, 0.1) is 0 Å². The number of rotatable bonds is 9. The van der Waals surface area contributed by atoms with Crippen LogP contribution in [0.2, 0.25) is 0 Å². The number of aromatic nitrogens is 3. The zero-order valence-electron chi connectivity index (χ0n) is 18.7. The molecule has 1 aliphatic heterocycles. The number of carbonyl (C=O) groups is 1. The molecular weight excluding hydrogens is 481 g/mol. The van der Waals surface area contributed by atoms with E-state index in [1.54, 1.807) is 42.6 Å². The van der Waals surface area contributed by atoms with Crippen LogP contribution in [-0.2, 0) is 29.8 Å². The summed E-state index contributed by atoms with van der Waals surface area (Å²) < 4.78 is 29.7. The average Bonchev–Trinajstić information content (AvgIpc) is 3.39. The van der Waals surface area contributed by atoms with Crippen molar-refractivity contribution in [1.82, 2.24) is 19.6 Å². The van der Waals surface area contributed by atoms with Gasteiger partial charge < -0.3 is 34.9 Å². The van der Waals surface area contributed by atoms with Crippen molar-refractivity contribution in [3.63, 3.8) is 0 Å². The van der Waals surface area contributed by atoms with E-state index in [0.717, 1.165) is 5.56 Å². The van der Waals surface area contributed by atoms with Gasteiger partial charge in [0.05, 0.1) is 19.1 Å². The normalized spacial score (nSPS) is 24.8. The fourth-order valence-corrected chi connectivity index (χ4v) is 4.89. The van der Waals surface area contributed by atoms with E-state index in [2.05, 4.69) is 15.1 Å². The monoisotopic (exact) mass is 507 g/mol. The minimum absolute atomic E-state index is 0.0798. The second-order valence-electron chi connectivity index (χ2n) is 7.98. The van der Waals surface area contributed by atoms with E-state index in [9.17, 15) is 24.5 Å². The number of hydrogen-bond acceptors (Lipinski definition) is 10. The third-order valence-electron chi connectivity index (χ3n) is 5.65. The van der Waals surface area contributed by atoms with Gasteiger partial charge in [0.25, 0.3) is 0 Å². The van der Waals surface area contributed by atoms with E-state index in [1.165, 1.54) is 18.0 Å². The molecule has 0 spiro atoms. The maximum atomic E-state index is 12.7. The van der Waals surface area contributed by atoms with E-state index < -0.39 is 50.9 Å². The molecule has 0 amide bonds. The van der Waals surface area contributed by atoms with E-state index in [1.807, 2.05) is 0 Å². The highest BCUT2D eigenvalue weighted by molar-refractivity contribution is 7.50. The minimum atomic E-state index is -4.54. The molecule has 14 heteroatoms. The summed E-state index contributed by atoms with van der Waals surface area (Å²) in [7, 11) is -3.38. The van der Waals surface area contributed by atoms with Gasteiger partial charge in [0.2, 0.25) is 0 Å². The molecule has 4 rings (SSSR count). The zero-order valence-corrected chi connectivity index (χ0v) is 19.6. The van der Waals surface area contributed by atoms with Crippen LogP contribution in [0.5, 0.6) is 0 Å². The number of methoxy groups -OCH3 is 1. The van der Waals surface area contributed by atoms with Crippen molar-refractivity contribution >= 4 is 30.6 Å². The number of benzene rings is 1. The van der Waals surface area contributed by atoms with Gasteiger partial charge in [0.15, 0.2) is 6.23 Å². The fourth-order valence-electron chi connectivity index (χ4n) is 3.87. The van der Waals surface area contributed by atoms with Gasteiger partial charge in [-0.2, -0.15) is 0 Å². The van der Waals surface area contributed by atoms with E-state index >= 15 is 0 Å². The van der Waals surface area contributed by atoms with Gasteiger partial charge in [-0.3, -0.25) is 9.32 Å². The van der Waals surface area contributed by atoms with Crippen molar-refractivity contribution in [2.45, 2.75) is 37.0 Å². The molecule has 2 aromatic heterocycles. The summed E-state index contributed by atoms with van der Waals surface area (Å²) in [5.74, 6) is -0.510. The first-order chi connectivity index (χ1) is 16.7. The second kappa shape index (κ2) is 10.4. The number of ether oxygens (including phenoxy) is 2. The number of esters is 1. The first-order valence-electron chi connectivity index (χ1n) is 10.7. The number of nitrogens with two attached hydrogens (primary N) is 1. The summed E-state index contributed by atoms with van der Waals surface area (Å²) in [6, 6.07) is 9.34. The zero-order chi connectivity index (χ0) is 25.2. The molecule has 3 heterocycles. The fraction of sp³-hybridized carbons (Fsp3) is 0.381. The smallest absolute Gasteiger partial charge is 0.403 e. The number of nitrogen functional groups attached to an aromatic ring is 1. The first kappa shape index (κ1) is 25.2. The highest BCUT2D eigenvalue weighted by Gasteiger charge is 2.45. The summed E-state index contributed by atoms with van der Waals surface area (Å²) in [6.45, 7) is -0.551. The van der Waals surface area contributed by atoms with E-state index in [-0.39, 0.29) is 12.2 Å². The lowest BCUT2D eigenvalue weighted by Crippen LogP contribution is -2.39. The highest BCUT2D eigenvalue weighted by Crippen LogP contribution is 2.40. The van der Waals surface area contributed by atoms with Gasteiger partial charge in [-0.1, -0.05) is 30.3 Å². The summed E-state index contributed by atoms with van der Waals surface area (Å²) in [5, 5.41) is 23.8. The Bertz CT molecular complexity index is 1220. The summed E-state index contributed by atoms with van der Waals surface area (Å²) in [5.41, 5.74) is 6.95. The van der Waals surface area contributed by atoms with E-state index in [0.29, 0.717) is 11.0 Å². The Morgan fingerprint density at radius 1 is 1.26 bits per heavy atom. The van der Waals surface area contributed by atoms with Crippen LogP contribution >= 0.6 is 7.75 Å². The molecule has 0 radical (unpaired) electrons. The Morgan fingerprint density at radius 2 is 2.00 bits per heavy atom. The molecule has 13 nitrogen and oxygen atoms in total. The Balaban J connectivity index is 1.42. The number of anilines is 1. The lowest BCUT2D eigenvalue weighted by Gasteiger charge is -2.22. The predicted molar refractivity (Wildman–Crippen MR) is 123 cm³/mol. The third-order valence-corrected chi connectivity index (χ3v) is 6.79. The Labute approximate surface area is 200 Å². The molecule has 0 saturated carbocycles. The number of hydrogen-bond donors (Lipinski definition) is 5. The van der Waals surface area contributed by atoms with Gasteiger partial charge in [-0.15, -0.1) is 0 Å². The Hall–Kier alpha value is -2.90. The predicted octanol–water partition coefficient (Wildman–Crippen LogP) is 0.124. The van der Waals surface area contributed by atoms with Crippen molar-refractivity contribution in [3.05, 3.63) is 54.5 Å². The number of nitrogens with one attached hydrogen (secondary N) is 1. The summed E-state index contributed by atoms with van der Waals surface area (Å²) in [6.07, 6.45) is -2.12. The second-order valence-corrected chi connectivity index (χ2v) is 9.53. The van der Waals surface area contributed by atoms with Crippen LogP contribution in [0.4, 0.5) is 5.82 Å². The molecule has 6 N–H and O–H groups in total. The molecular formula is C21H26N5O8P. The van der Waals surface area contributed by atoms with Crippen LogP contribution in [-0.4, -0.2) is 73.7 Å². The van der Waals surface area contributed by atoms with Gasteiger partial charge in [-0.25, -0.2) is 19.6 Å². The van der Waals surface area contributed by atoms with Crippen molar-refractivity contribution < 1.29 is 38.5 Å². The van der Waals surface area contributed by atoms with Crippen molar-refractivity contribution in [2.75, 3.05) is 19.5 Å². The van der Waals surface area contributed by atoms with Crippen LogP contribution < -0.4 is 10.8 Å². The average molecular weight is 507 g/mol. The SMILES string of the molecule is COC(=O)C(Cc1ccccc1)NP(=O)(O)OCC1OC(n2ccc3c(N)ncnc32)C(O)C1O. The minimum Gasteiger partial charge on any atom is -0.468 e. The number of fused-ring (bicyclic) bond motifs is 1. The molecule has 1 aliphatic rings. The standard InChI is InChI=1S/C21H26N5O8P/c1-32-21(29)14(9-12-5-3-2-4-6-12)25-35(30,31)33-10-15-16(27)17(28)20(34-15)26-8-7-13-18(22)23-11-24-19(13)26/h2-8,11,14-17,20,27-28H,9-10H2,1H3,(H2,22,23,24)(H2,25,30,31). The molecule has 1 saturated heterocycles. The maximum absolute atomic E-state index is 12.7. The summed E-state index contributed by atoms with van der Waals surface area (Å²) in [4.78, 5) is 30.5. The molecule has 1 aromatic carbocycles. The van der Waals surface area contributed by atoms with Gasteiger partial charge in [-0.05, 0) is 18.1 Å². The molecule has 0 bridgehead atoms. The van der Waals surface area contributed by atoms with Crippen LogP contribution in [0.25, 0.3) is 11.0 Å². The molecule has 1 fully saturated rings. The number of nitrogens with zero attached hydrogens (tertiary/aromatic N) is 3. The van der Waals surface area contributed by atoms with Gasteiger partial charge in [0, 0.05) is 6.20 Å². The third kappa shape index (κ3) is 5.52. The molecule has 3 aromatic rings. The molecule has 6 atom stereocenters. The molecule has 0 aliphatic carbocycles. The first-order valence-corrected chi connectivity index (χ1v) is 12.2. The lowest BCUT2D eigenvalue weighted by atomic mass is 10.1. The van der Waals surface area contributed by atoms with Crippen LogP contribution in [0.15, 0.2) is 48.9 Å².